The number of nitrogens with two attached hydrogens (primary N) is 1. The fraction of sp³-hybridized carbons (Fsp3) is 0.375. The van der Waals surface area contributed by atoms with Crippen molar-refractivity contribution >= 4 is 17.2 Å². The van der Waals surface area contributed by atoms with Crippen LogP contribution in [-0.2, 0) is 4.79 Å². The number of nitrogens with one attached hydrogen (secondary N) is 1. The molecule has 0 aliphatic heterocycles. The van der Waals surface area contributed by atoms with Gasteiger partial charge in [-0.1, -0.05) is 6.07 Å². The Morgan fingerprint density at radius 1 is 1.83 bits per heavy atom. The molecule has 66 valence electrons. The predicted octanol–water partition coefficient (Wildman–Crippen LogP) is 0.884. The molecule has 0 aromatic carbocycles. The van der Waals surface area contributed by atoms with E-state index in [2.05, 4.69) is 5.32 Å². The van der Waals surface area contributed by atoms with Crippen LogP contribution in [0, 0.1) is 0 Å². The molecular formula is C8H12N2OS. The van der Waals surface area contributed by atoms with Crippen molar-refractivity contribution in [2.75, 3.05) is 6.54 Å². The van der Waals surface area contributed by atoms with Gasteiger partial charge in [0, 0.05) is 11.4 Å². The highest BCUT2D eigenvalue weighted by atomic mass is 32.1. The number of rotatable bonds is 3. The third kappa shape index (κ3) is 2.06. The zero-order chi connectivity index (χ0) is 8.97. The van der Waals surface area contributed by atoms with Crippen molar-refractivity contribution in [3.8, 4) is 0 Å². The monoisotopic (exact) mass is 184 g/mol. The van der Waals surface area contributed by atoms with Crippen molar-refractivity contribution in [3.05, 3.63) is 22.4 Å². The molecule has 0 aliphatic rings. The van der Waals surface area contributed by atoms with Crippen molar-refractivity contribution in [1.29, 1.82) is 0 Å². The number of thiophene rings is 1. The quantitative estimate of drug-likeness (QED) is 0.732. The summed E-state index contributed by atoms with van der Waals surface area (Å²) in [5.74, 6) is -0.111. The zero-order valence-corrected chi connectivity index (χ0v) is 7.73. The van der Waals surface area contributed by atoms with Gasteiger partial charge in [0.05, 0.1) is 0 Å². The fourth-order valence-corrected chi connectivity index (χ4v) is 1.61. The Balaban J connectivity index is 2.59. The summed E-state index contributed by atoms with van der Waals surface area (Å²) in [4.78, 5) is 12.1. The van der Waals surface area contributed by atoms with Crippen LogP contribution < -0.4 is 11.1 Å². The number of likely N-dealkylation sites (N-methyl/N-ethyl adjacent to an activating group) is 1. The molecule has 0 spiro atoms. The van der Waals surface area contributed by atoms with Gasteiger partial charge < -0.3 is 11.1 Å². The molecule has 1 rings (SSSR count). The molecule has 1 aromatic rings. The maximum absolute atomic E-state index is 11.2. The largest absolute Gasteiger partial charge is 0.355 e. The van der Waals surface area contributed by atoms with Crippen LogP contribution in [-0.4, -0.2) is 12.5 Å². The number of amides is 1. The molecular weight excluding hydrogens is 172 g/mol. The van der Waals surface area contributed by atoms with Crippen molar-refractivity contribution < 1.29 is 4.79 Å². The molecule has 1 atom stereocenters. The molecule has 0 fully saturated rings. The molecule has 4 heteroatoms. The molecule has 1 unspecified atom stereocenters. The van der Waals surface area contributed by atoms with Crippen molar-refractivity contribution in [2.45, 2.75) is 13.0 Å². The van der Waals surface area contributed by atoms with Gasteiger partial charge in [0.1, 0.15) is 6.04 Å². The van der Waals surface area contributed by atoms with E-state index in [4.69, 9.17) is 5.73 Å². The number of carbonyl (C=O) groups excluding carboxylic acids is 1. The maximum atomic E-state index is 11.2. The van der Waals surface area contributed by atoms with Gasteiger partial charge in [-0.3, -0.25) is 4.79 Å². The van der Waals surface area contributed by atoms with E-state index in [0.29, 0.717) is 6.54 Å². The lowest BCUT2D eigenvalue weighted by Crippen LogP contribution is -2.33. The van der Waals surface area contributed by atoms with Gasteiger partial charge in [0.15, 0.2) is 0 Å². The summed E-state index contributed by atoms with van der Waals surface area (Å²) in [6, 6.07) is 3.24. The average Bonchev–Trinajstić information content (AvgIpc) is 2.55. The Hall–Kier alpha value is -0.870. The van der Waals surface area contributed by atoms with E-state index in [1.807, 2.05) is 24.4 Å². The molecule has 0 radical (unpaired) electrons. The van der Waals surface area contributed by atoms with Crippen LogP contribution in [0.1, 0.15) is 17.8 Å². The third-order valence-corrected chi connectivity index (χ3v) is 2.44. The highest BCUT2D eigenvalue weighted by Crippen LogP contribution is 2.16. The minimum absolute atomic E-state index is 0.111. The first-order chi connectivity index (χ1) is 5.75. The summed E-state index contributed by atoms with van der Waals surface area (Å²) in [5.41, 5.74) is 5.67. The molecule has 1 aromatic heterocycles. The van der Waals surface area contributed by atoms with E-state index in [0.717, 1.165) is 4.88 Å². The Morgan fingerprint density at radius 2 is 2.58 bits per heavy atom. The molecule has 1 amide bonds. The number of carbonyl (C=O) groups is 1. The van der Waals surface area contributed by atoms with Crippen molar-refractivity contribution in [1.82, 2.24) is 5.32 Å². The zero-order valence-electron chi connectivity index (χ0n) is 6.91. The van der Waals surface area contributed by atoms with Gasteiger partial charge in [0.2, 0.25) is 5.91 Å². The van der Waals surface area contributed by atoms with Crippen LogP contribution in [0.5, 0.6) is 0 Å². The van der Waals surface area contributed by atoms with Crippen molar-refractivity contribution in [2.24, 2.45) is 5.73 Å². The van der Waals surface area contributed by atoms with Crippen LogP contribution >= 0.6 is 11.3 Å². The van der Waals surface area contributed by atoms with Crippen LogP contribution in [0.4, 0.5) is 0 Å². The number of hydrogen-bond donors (Lipinski definition) is 2. The first-order valence-electron chi connectivity index (χ1n) is 3.82. The molecule has 0 aliphatic carbocycles. The van der Waals surface area contributed by atoms with Gasteiger partial charge in [0.25, 0.3) is 0 Å². The van der Waals surface area contributed by atoms with Crippen LogP contribution in [0.2, 0.25) is 0 Å². The van der Waals surface area contributed by atoms with E-state index in [1.54, 1.807) is 0 Å². The Kier molecular flexibility index (Phi) is 3.25. The second kappa shape index (κ2) is 4.23. The van der Waals surface area contributed by atoms with Gasteiger partial charge in [-0.15, -0.1) is 11.3 Å². The molecule has 12 heavy (non-hydrogen) atoms. The summed E-state index contributed by atoms with van der Waals surface area (Å²) in [7, 11) is 0. The number of hydrogen-bond acceptors (Lipinski definition) is 3. The van der Waals surface area contributed by atoms with Gasteiger partial charge in [-0.25, -0.2) is 0 Å². The molecule has 3 N–H and O–H groups in total. The predicted molar refractivity (Wildman–Crippen MR) is 49.9 cm³/mol. The second-order valence-electron chi connectivity index (χ2n) is 2.39. The Morgan fingerprint density at radius 3 is 3.08 bits per heavy atom. The Labute approximate surface area is 75.6 Å². The minimum atomic E-state index is -0.509. The van der Waals surface area contributed by atoms with Crippen LogP contribution in [0.25, 0.3) is 0 Å². The Bertz CT molecular complexity index is 246. The highest BCUT2D eigenvalue weighted by Gasteiger charge is 2.14. The first-order valence-corrected chi connectivity index (χ1v) is 4.70. The summed E-state index contributed by atoms with van der Waals surface area (Å²) in [6.07, 6.45) is 0. The standard InChI is InChI=1S/C8H12N2OS/c1-2-10-8(11)7(9)6-4-3-5-12-6/h3-5,7H,2,9H2,1H3,(H,10,11). The van der Waals surface area contributed by atoms with Gasteiger partial charge >= 0.3 is 0 Å². The fourth-order valence-electron chi connectivity index (χ4n) is 0.882. The average molecular weight is 184 g/mol. The summed E-state index contributed by atoms with van der Waals surface area (Å²) in [5, 5.41) is 4.59. The maximum Gasteiger partial charge on any atom is 0.242 e. The summed E-state index contributed by atoms with van der Waals surface area (Å²) in [6.45, 7) is 2.50. The lowest BCUT2D eigenvalue weighted by Gasteiger charge is -2.08. The first kappa shape index (κ1) is 9.22. The normalized spacial score (nSPS) is 12.5. The third-order valence-electron chi connectivity index (χ3n) is 1.48. The van der Waals surface area contributed by atoms with Gasteiger partial charge in [-0.2, -0.15) is 0 Å². The topological polar surface area (TPSA) is 55.1 Å². The van der Waals surface area contributed by atoms with Crippen molar-refractivity contribution in [3.63, 3.8) is 0 Å². The lowest BCUT2D eigenvalue weighted by molar-refractivity contribution is -0.122. The molecule has 0 saturated heterocycles. The van der Waals surface area contributed by atoms with Crippen LogP contribution in [0.15, 0.2) is 17.5 Å². The van der Waals surface area contributed by atoms with E-state index in [1.165, 1.54) is 11.3 Å². The van der Waals surface area contributed by atoms with Crippen LogP contribution in [0.3, 0.4) is 0 Å². The summed E-state index contributed by atoms with van der Waals surface area (Å²) >= 11 is 1.50. The highest BCUT2D eigenvalue weighted by molar-refractivity contribution is 7.10. The lowest BCUT2D eigenvalue weighted by atomic mass is 10.2. The van der Waals surface area contributed by atoms with E-state index in [-0.39, 0.29) is 5.91 Å². The molecule has 3 nitrogen and oxygen atoms in total. The van der Waals surface area contributed by atoms with E-state index < -0.39 is 6.04 Å². The molecule has 1 heterocycles. The minimum Gasteiger partial charge on any atom is -0.355 e. The smallest absolute Gasteiger partial charge is 0.242 e. The molecule has 0 saturated carbocycles. The molecule has 0 bridgehead atoms. The summed E-state index contributed by atoms with van der Waals surface area (Å²) < 4.78 is 0. The van der Waals surface area contributed by atoms with E-state index in [9.17, 15) is 4.79 Å². The van der Waals surface area contributed by atoms with Gasteiger partial charge in [-0.05, 0) is 18.4 Å². The van der Waals surface area contributed by atoms with E-state index >= 15 is 0 Å². The second-order valence-corrected chi connectivity index (χ2v) is 3.37. The SMILES string of the molecule is CCNC(=O)C(N)c1cccs1.